The number of amides is 1. The maximum atomic E-state index is 12.6. The van der Waals surface area contributed by atoms with Crippen LogP contribution in [-0.4, -0.2) is 12.0 Å². The van der Waals surface area contributed by atoms with Gasteiger partial charge in [0.1, 0.15) is 11.5 Å². The number of anilines is 1. The summed E-state index contributed by atoms with van der Waals surface area (Å²) < 4.78 is 11.6. The monoisotopic (exact) mass is 381 g/mol. The Morgan fingerprint density at radius 2 is 1.67 bits per heavy atom. The molecule has 1 atom stereocenters. The second kappa shape index (κ2) is 8.60. The predicted molar refractivity (Wildman–Crippen MR) is 108 cm³/mol. The molecule has 3 rings (SSSR count). The average Bonchev–Trinajstić information content (AvgIpc) is 2.66. The van der Waals surface area contributed by atoms with E-state index < -0.39 is 6.10 Å². The minimum Gasteiger partial charge on any atom is -0.481 e. The molecule has 0 spiro atoms. The van der Waals surface area contributed by atoms with E-state index in [1.165, 1.54) is 0 Å². The molecule has 0 saturated heterocycles. The average molecular weight is 382 g/mol. The summed E-state index contributed by atoms with van der Waals surface area (Å²) in [5.41, 5.74) is 1.45. The summed E-state index contributed by atoms with van der Waals surface area (Å²) in [6.45, 7) is 3.63. The highest BCUT2D eigenvalue weighted by Crippen LogP contribution is 2.32. The van der Waals surface area contributed by atoms with Crippen LogP contribution in [0.3, 0.4) is 0 Å². The van der Waals surface area contributed by atoms with Crippen LogP contribution < -0.4 is 14.8 Å². The standard InChI is InChI=1S/C22H20ClNO3/c1-15-8-6-7-11-20(15)26-16(2)22(25)24-19-14-17(23)12-13-21(19)27-18-9-4-3-5-10-18/h3-14,16H,1-2H3,(H,24,25)/t16-/m1/s1. The number of rotatable bonds is 6. The molecule has 4 nitrogen and oxygen atoms in total. The highest BCUT2D eigenvalue weighted by atomic mass is 35.5. The van der Waals surface area contributed by atoms with Crippen LogP contribution in [0.2, 0.25) is 5.02 Å². The van der Waals surface area contributed by atoms with Crippen LogP contribution in [0.15, 0.2) is 72.8 Å². The van der Waals surface area contributed by atoms with Crippen LogP contribution >= 0.6 is 11.6 Å². The first-order valence-corrected chi connectivity index (χ1v) is 8.96. The number of carbonyl (C=O) groups excluding carboxylic acids is 1. The number of para-hydroxylation sites is 2. The normalized spacial score (nSPS) is 11.5. The third-order valence-electron chi connectivity index (χ3n) is 3.94. The first-order valence-electron chi connectivity index (χ1n) is 8.58. The lowest BCUT2D eigenvalue weighted by Crippen LogP contribution is -2.30. The van der Waals surface area contributed by atoms with Crippen molar-refractivity contribution in [3.8, 4) is 17.2 Å². The van der Waals surface area contributed by atoms with Gasteiger partial charge >= 0.3 is 0 Å². The molecule has 1 amide bonds. The van der Waals surface area contributed by atoms with Crippen molar-refractivity contribution >= 4 is 23.2 Å². The van der Waals surface area contributed by atoms with Crippen molar-refractivity contribution in [1.82, 2.24) is 0 Å². The second-order valence-corrected chi connectivity index (χ2v) is 6.51. The zero-order valence-electron chi connectivity index (χ0n) is 15.1. The van der Waals surface area contributed by atoms with Crippen LogP contribution in [0.4, 0.5) is 5.69 Å². The number of carbonyl (C=O) groups is 1. The van der Waals surface area contributed by atoms with Crippen molar-refractivity contribution in [2.45, 2.75) is 20.0 Å². The molecule has 0 saturated carbocycles. The Labute approximate surface area is 163 Å². The smallest absolute Gasteiger partial charge is 0.265 e. The molecule has 0 aromatic heterocycles. The Balaban J connectivity index is 1.75. The summed E-state index contributed by atoms with van der Waals surface area (Å²) >= 11 is 6.10. The van der Waals surface area contributed by atoms with Gasteiger partial charge in [0.2, 0.25) is 0 Å². The number of nitrogens with one attached hydrogen (secondary N) is 1. The molecule has 0 unspecified atom stereocenters. The predicted octanol–water partition coefficient (Wildman–Crippen LogP) is 5.85. The fourth-order valence-corrected chi connectivity index (χ4v) is 2.64. The van der Waals surface area contributed by atoms with E-state index in [-0.39, 0.29) is 5.91 Å². The number of benzene rings is 3. The Morgan fingerprint density at radius 3 is 2.41 bits per heavy atom. The van der Waals surface area contributed by atoms with Crippen LogP contribution in [0.1, 0.15) is 12.5 Å². The highest BCUT2D eigenvalue weighted by Gasteiger charge is 2.18. The van der Waals surface area contributed by atoms with Gasteiger partial charge in [-0.2, -0.15) is 0 Å². The summed E-state index contributed by atoms with van der Waals surface area (Å²) in [6.07, 6.45) is -0.686. The summed E-state index contributed by atoms with van der Waals surface area (Å²) in [5.74, 6) is 1.55. The van der Waals surface area contributed by atoms with E-state index in [2.05, 4.69) is 5.32 Å². The van der Waals surface area contributed by atoms with E-state index in [0.717, 1.165) is 5.56 Å². The number of hydrogen-bond donors (Lipinski definition) is 1. The number of hydrogen-bond acceptors (Lipinski definition) is 3. The highest BCUT2D eigenvalue weighted by molar-refractivity contribution is 6.31. The van der Waals surface area contributed by atoms with Gasteiger partial charge in [-0.3, -0.25) is 4.79 Å². The SMILES string of the molecule is Cc1ccccc1O[C@H](C)C(=O)Nc1cc(Cl)ccc1Oc1ccccc1. The maximum absolute atomic E-state index is 12.6. The van der Waals surface area contributed by atoms with Crippen LogP contribution in [0.5, 0.6) is 17.2 Å². The molecule has 0 radical (unpaired) electrons. The van der Waals surface area contributed by atoms with Gasteiger partial charge in [0.05, 0.1) is 5.69 Å². The van der Waals surface area contributed by atoms with E-state index in [4.69, 9.17) is 21.1 Å². The minimum absolute atomic E-state index is 0.293. The number of aryl methyl sites for hydroxylation is 1. The van der Waals surface area contributed by atoms with Crippen molar-refractivity contribution < 1.29 is 14.3 Å². The van der Waals surface area contributed by atoms with Gasteiger partial charge in [-0.15, -0.1) is 0 Å². The molecular formula is C22H20ClNO3. The quantitative estimate of drug-likeness (QED) is 0.582. The molecule has 0 fully saturated rings. The summed E-state index contributed by atoms with van der Waals surface area (Å²) in [4.78, 5) is 12.6. The summed E-state index contributed by atoms with van der Waals surface area (Å²) in [6, 6.07) is 22.0. The lowest BCUT2D eigenvalue weighted by Gasteiger charge is -2.18. The summed E-state index contributed by atoms with van der Waals surface area (Å²) in [5, 5.41) is 3.34. The van der Waals surface area contributed by atoms with Crippen molar-refractivity contribution in [3.63, 3.8) is 0 Å². The minimum atomic E-state index is -0.686. The lowest BCUT2D eigenvalue weighted by molar-refractivity contribution is -0.122. The van der Waals surface area contributed by atoms with Crippen LogP contribution in [0, 0.1) is 6.92 Å². The number of ether oxygens (including phenoxy) is 2. The van der Waals surface area contributed by atoms with E-state index in [1.807, 2.05) is 61.5 Å². The maximum Gasteiger partial charge on any atom is 0.265 e. The molecule has 0 aliphatic rings. The molecule has 3 aromatic rings. The Morgan fingerprint density at radius 1 is 0.963 bits per heavy atom. The van der Waals surface area contributed by atoms with Crippen molar-refractivity contribution in [1.29, 1.82) is 0 Å². The molecule has 1 N–H and O–H groups in total. The van der Waals surface area contributed by atoms with E-state index in [0.29, 0.717) is 28.0 Å². The largest absolute Gasteiger partial charge is 0.481 e. The molecular weight excluding hydrogens is 362 g/mol. The van der Waals surface area contributed by atoms with E-state index in [9.17, 15) is 4.79 Å². The van der Waals surface area contributed by atoms with Crippen LogP contribution in [-0.2, 0) is 4.79 Å². The molecule has 0 bridgehead atoms. The second-order valence-electron chi connectivity index (χ2n) is 6.07. The van der Waals surface area contributed by atoms with Gasteiger partial charge in [0.15, 0.2) is 11.9 Å². The lowest BCUT2D eigenvalue weighted by atomic mass is 10.2. The molecule has 0 aliphatic carbocycles. The number of halogens is 1. The summed E-state index contributed by atoms with van der Waals surface area (Å²) in [7, 11) is 0. The van der Waals surface area contributed by atoms with Gasteiger partial charge in [-0.25, -0.2) is 0 Å². The van der Waals surface area contributed by atoms with Gasteiger partial charge in [-0.05, 0) is 55.8 Å². The first-order chi connectivity index (χ1) is 13.0. The van der Waals surface area contributed by atoms with Crippen molar-refractivity contribution in [2.24, 2.45) is 0 Å². The van der Waals surface area contributed by atoms with Crippen molar-refractivity contribution in [3.05, 3.63) is 83.4 Å². The van der Waals surface area contributed by atoms with Gasteiger partial charge < -0.3 is 14.8 Å². The Kier molecular flexibility index (Phi) is 5.99. The Bertz CT molecular complexity index is 928. The third kappa shape index (κ3) is 5.02. The van der Waals surface area contributed by atoms with Gasteiger partial charge in [0.25, 0.3) is 5.91 Å². The molecule has 5 heteroatoms. The van der Waals surface area contributed by atoms with Gasteiger partial charge in [-0.1, -0.05) is 48.0 Å². The molecule has 0 aliphatic heterocycles. The molecule has 3 aromatic carbocycles. The molecule has 0 heterocycles. The van der Waals surface area contributed by atoms with Crippen molar-refractivity contribution in [2.75, 3.05) is 5.32 Å². The van der Waals surface area contributed by atoms with E-state index in [1.54, 1.807) is 25.1 Å². The fourth-order valence-electron chi connectivity index (χ4n) is 2.47. The Hall–Kier alpha value is -2.98. The third-order valence-corrected chi connectivity index (χ3v) is 4.17. The fraction of sp³-hybridized carbons (Fsp3) is 0.136. The zero-order chi connectivity index (χ0) is 19.2. The zero-order valence-corrected chi connectivity index (χ0v) is 15.9. The van der Waals surface area contributed by atoms with Crippen LogP contribution in [0.25, 0.3) is 0 Å². The topological polar surface area (TPSA) is 47.6 Å². The molecule has 27 heavy (non-hydrogen) atoms. The van der Waals surface area contributed by atoms with E-state index >= 15 is 0 Å². The molecule has 138 valence electrons. The van der Waals surface area contributed by atoms with Gasteiger partial charge in [0, 0.05) is 5.02 Å². The first kappa shape index (κ1) is 18.8.